The lowest BCUT2D eigenvalue weighted by Crippen LogP contribution is -2.42. The zero-order chi connectivity index (χ0) is 13.1. The summed E-state index contributed by atoms with van der Waals surface area (Å²) in [6.45, 7) is 2.15. The molecule has 1 saturated heterocycles. The number of morpholine rings is 1. The lowest BCUT2D eigenvalue weighted by atomic mass is 10.0. The van der Waals surface area contributed by atoms with Gasteiger partial charge in [-0.25, -0.2) is 4.39 Å². The van der Waals surface area contributed by atoms with Gasteiger partial charge in [0.05, 0.1) is 31.3 Å². The molecule has 1 atom stereocenters. The zero-order valence-electron chi connectivity index (χ0n) is 10.4. The van der Waals surface area contributed by atoms with Crippen LogP contribution < -0.4 is 5.32 Å². The SMILES string of the molecule is Fc1ccc(-n2nccn2)cc1C[C@@H]1COCCN1. The molecule has 0 spiro atoms. The first-order chi connectivity index (χ1) is 9.33. The maximum absolute atomic E-state index is 13.8. The number of ether oxygens (including phenoxy) is 1. The Hall–Kier alpha value is -1.79. The van der Waals surface area contributed by atoms with Gasteiger partial charge in [0.2, 0.25) is 0 Å². The average molecular weight is 262 g/mol. The van der Waals surface area contributed by atoms with Crippen molar-refractivity contribution in [3.05, 3.63) is 42.0 Å². The molecular formula is C13H15FN4O. The van der Waals surface area contributed by atoms with Crippen molar-refractivity contribution in [2.24, 2.45) is 0 Å². The zero-order valence-corrected chi connectivity index (χ0v) is 10.4. The number of rotatable bonds is 3. The van der Waals surface area contributed by atoms with Gasteiger partial charge in [-0.1, -0.05) is 0 Å². The Bertz CT molecular complexity index is 538. The smallest absolute Gasteiger partial charge is 0.126 e. The van der Waals surface area contributed by atoms with Crippen molar-refractivity contribution >= 4 is 0 Å². The number of nitrogens with one attached hydrogen (secondary N) is 1. The van der Waals surface area contributed by atoms with Crippen LogP contribution in [0.5, 0.6) is 0 Å². The molecule has 0 unspecified atom stereocenters. The van der Waals surface area contributed by atoms with Crippen LogP contribution >= 0.6 is 0 Å². The van der Waals surface area contributed by atoms with Gasteiger partial charge in [0.25, 0.3) is 0 Å². The Balaban J connectivity index is 1.81. The predicted molar refractivity (Wildman–Crippen MR) is 67.6 cm³/mol. The van der Waals surface area contributed by atoms with Crippen LogP contribution in [-0.4, -0.2) is 40.8 Å². The number of hydrogen-bond acceptors (Lipinski definition) is 4. The van der Waals surface area contributed by atoms with Gasteiger partial charge in [0, 0.05) is 12.6 Å². The summed E-state index contributed by atoms with van der Waals surface area (Å²) < 4.78 is 19.2. The lowest BCUT2D eigenvalue weighted by molar-refractivity contribution is 0.0767. The van der Waals surface area contributed by atoms with Crippen molar-refractivity contribution in [2.45, 2.75) is 12.5 Å². The van der Waals surface area contributed by atoms with E-state index in [1.807, 2.05) is 0 Å². The summed E-state index contributed by atoms with van der Waals surface area (Å²) in [5.41, 5.74) is 1.41. The van der Waals surface area contributed by atoms with Gasteiger partial charge >= 0.3 is 0 Å². The molecule has 1 fully saturated rings. The fourth-order valence-electron chi connectivity index (χ4n) is 2.21. The Labute approximate surface area is 110 Å². The van der Waals surface area contributed by atoms with Crippen molar-refractivity contribution in [1.82, 2.24) is 20.3 Å². The van der Waals surface area contributed by atoms with E-state index in [2.05, 4.69) is 15.5 Å². The van der Waals surface area contributed by atoms with E-state index in [4.69, 9.17) is 4.74 Å². The molecule has 19 heavy (non-hydrogen) atoms. The highest BCUT2D eigenvalue weighted by Crippen LogP contribution is 2.15. The molecule has 3 rings (SSSR count). The van der Waals surface area contributed by atoms with Gasteiger partial charge in [0.15, 0.2) is 0 Å². The lowest BCUT2D eigenvalue weighted by Gasteiger charge is -2.24. The number of halogens is 1. The van der Waals surface area contributed by atoms with Crippen LogP contribution in [0.25, 0.3) is 5.69 Å². The monoisotopic (exact) mass is 262 g/mol. The normalized spacial score (nSPS) is 19.5. The first-order valence-corrected chi connectivity index (χ1v) is 6.29. The second-order valence-electron chi connectivity index (χ2n) is 4.52. The van der Waals surface area contributed by atoms with Crippen molar-refractivity contribution in [1.29, 1.82) is 0 Å². The first kappa shape index (κ1) is 12.3. The van der Waals surface area contributed by atoms with E-state index >= 15 is 0 Å². The highest BCUT2D eigenvalue weighted by atomic mass is 19.1. The van der Waals surface area contributed by atoms with E-state index in [0.717, 1.165) is 18.8 Å². The van der Waals surface area contributed by atoms with Crippen LogP contribution in [0.3, 0.4) is 0 Å². The van der Waals surface area contributed by atoms with Crippen molar-refractivity contribution in [2.75, 3.05) is 19.8 Å². The Morgan fingerprint density at radius 3 is 2.95 bits per heavy atom. The first-order valence-electron chi connectivity index (χ1n) is 6.29. The molecule has 2 aromatic rings. The molecule has 0 bridgehead atoms. The second-order valence-corrected chi connectivity index (χ2v) is 4.52. The number of aromatic nitrogens is 3. The van der Waals surface area contributed by atoms with Crippen molar-refractivity contribution < 1.29 is 9.13 Å². The molecule has 2 heterocycles. The van der Waals surface area contributed by atoms with Crippen LogP contribution in [0.2, 0.25) is 0 Å². The minimum Gasteiger partial charge on any atom is -0.379 e. The van der Waals surface area contributed by atoms with E-state index in [0.29, 0.717) is 18.6 Å². The van der Waals surface area contributed by atoms with Gasteiger partial charge < -0.3 is 10.1 Å². The van der Waals surface area contributed by atoms with Crippen LogP contribution in [0.4, 0.5) is 4.39 Å². The largest absolute Gasteiger partial charge is 0.379 e. The molecule has 1 aromatic heterocycles. The fourth-order valence-corrected chi connectivity index (χ4v) is 2.21. The van der Waals surface area contributed by atoms with Crippen molar-refractivity contribution in [3.63, 3.8) is 0 Å². The fraction of sp³-hybridized carbons (Fsp3) is 0.385. The molecule has 1 N–H and O–H groups in total. The predicted octanol–water partition coefficient (Wildman–Crippen LogP) is 0.937. The van der Waals surface area contributed by atoms with Crippen molar-refractivity contribution in [3.8, 4) is 5.69 Å². The molecule has 0 saturated carbocycles. The van der Waals surface area contributed by atoms with Gasteiger partial charge in [0.1, 0.15) is 5.82 Å². The second kappa shape index (κ2) is 5.46. The highest BCUT2D eigenvalue weighted by molar-refractivity contribution is 5.35. The maximum atomic E-state index is 13.8. The van der Waals surface area contributed by atoms with Gasteiger partial charge in [-0.3, -0.25) is 0 Å². The summed E-state index contributed by atoms with van der Waals surface area (Å²) in [5, 5.41) is 11.4. The van der Waals surface area contributed by atoms with Gasteiger partial charge in [-0.05, 0) is 30.2 Å². The van der Waals surface area contributed by atoms with Crippen LogP contribution in [-0.2, 0) is 11.2 Å². The van der Waals surface area contributed by atoms with Crippen LogP contribution in [0.1, 0.15) is 5.56 Å². The van der Waals surface area contributed by atoms with E-state index < -0.39 is 0 Å². The Morgan fingerprint density at radius 1 is 1.37 bits per heavy atom. The molecule has 1 aromatic carbocycles. The topological polar surface area (TPSA) is 52.0 Å². The molecule has 5 nitrogen and oxygen atoms in total. The third kappa shape index (κ3) is 2.80. The number of nitrogens with zero attached hydrogens (tertiary/aromatic N) is 3. The van der Waals surface area contributed by atoms with E-state index in [-0.39, 0.29) is 11.9 Å². The van der Waals surface area contributed by atoms with Crippen LogP contribution in [0, 0.1) is 5.82 Å². The molecule has 100 valence electrons. The summed E-state index contributed by atoms with van der Waals surface area (Å²) in [6.07, 6.45) is 3.79. The van der Waals surface area contributed by atoms with Gasteiger partial charge in [-0.2, -0.15) is 15.0 Å². The summed E-state index contributed by atoms with van der Waals surface area (Å²) >= 11 is 0. The Morgan fingerprint density at radius 2 is 2.21 bits per heavy atom. The molecular weight excluding hydrogens is 247 g/mol. The van der Waals surface area contributed by atoms with E-state index in [1.54, 1.807) is 24.5 Å². The highest BCUT2D eigenvalue weighted by Gasteiger charge is 2.16. The summed E-state index contributed by atoms with van der Waals surface area (Å²) in [5.74, 6) is -0.205. The number of benzene rings is 1. The summed E-state index contributed by atoms with van der Waals surface area (Å²) in [4.78, 5) is 1.48. The molecule has 1 aliphatic rings. The average Bonchev–Trinajstić information content (AvgIpc) is 2.96. The quantitative estimate of drug-likeness (QED) is 0.894. The van der Waals surface area contributed by atoms with Crippen LogP contribution in [0.15, 0.2) is 30.6 Å². The maximum Gasteiger partial charge on any atom is 0.126 e. The third-order valence-corrected chi connectivity index (χ3v) is 3.14. The summed E-state index contributed by atoms with van der Waals surface area (Å²) in [7, 11) is 0. The summed E-state index contributed by atoms with van der Waals surface area (Å²) in [6, 6.07) is 5.07. The van der Waals surface area contributed by atoms with E-state index in [9.17, 15) is 4.39 Å². The standard InChI is InChI=1S/C13H15FN4O/c14-13-2-1-12(18-16-3-4-17-18)8-10(13)7-11-9-19-6-5-15-11/h1-4,8,11,15H,5-7,9H2/t11-/m1/s1. The minimum atomic E-state index is -0.205. The molecule has 6 heteroatoms. The molecule has 0 radical (unpaired) electrons. The third-order valence-electron chi connectivity index (χ3n) is 3.14. The molecule has 0 aliphatic carbocycles. The number of hydrogen-bond donors (Lipinski definition) is 1. The molecule has 0 amide bonds. The van der Waals surface area contributed by atoms with E-state index in [1.165, 1.54) is 10.9 Å². The van der Waals surface area contributed by atoms with Gasteiger partial charge in [-0.15, -0.1) is 0 Å². The minimum absolute atomic E-state index is 0.157. The Kier molecular flexibility index (Phi) is 3.52. The molecule has 1 aliphatic heterocycles.